The van der Waals surface area contributed by atoms with Crippen LogP contribution in [0.1, 0.15) is 29.6 Å². The Morgan fingerprint density at radius 1 is 1.21 bits per heavy atom. The zero-order valence-corrected chi connectivity index (χ0v) is 12.6. The summed E-state index contributed by atoms with van der Waals surface area (Å²) in [6, 6.07) is 6.60. The second-order valence-electron chi connectivity index (χ2n) is 5.46. The minimum absolute atomic E-state index is 0.708. The average Bonchev–Trinajstić information content (AvgIpc) is 2.76. The number of carbonyl (C=O) groups is 1. The van der Waals surface area contributed by atoms with Gasteiger partial charge in [0.25, 0.3) is 0 Å². The van der Waals surface area contributed by atoms with E-state index in [1.165, 1.54) is 38.0 Å². The van der Waals surface area contributed by atoms with Gasteiger partial charge in [0.15, 0.2) is 0 Å². The van der Waals surface area contributed by atoms with Crippen molar-refractivity contribution in [2.75, 3.05) is 31.1 Å². The molecule has 3 nitrogen and oxygen atoms in total. The fourth-order valence-corrected chi connectivity index (χ4v) is 3.93. The monoisotopic (exact) mass is 322 g/mol. The van der Waals surface area contributed by atoms with Gasteiger partial charge >= 0.3 is 0 Å². The predicted octanol–water partition coefficient (Wildman–Crippen LogP) is 2.94. The SMILES string of the molecule is O=Cc1ccc(N2CCCN3CCCC3C2)c(Br)c1. The van der Waals surface area contributed by atoms with Gasteiger partial charge in [-0.2, -0.15) is 0 Å². The lowest BCUT2D eigenvalue weighted by atomic mass is 10.1. The van der Waals surface area contributed by atoms with Crippen LogP contribution < -0.4 is 4.90 Å². The summed E-state index contributed by atoms with van der Waals surface area (Å²) < 4.78 is 1.03. The molecule has 1 atom stereocenters. The van der Waals surface area contributed by atoms with Gasteiger partial charge in [-0.3, -0.25) is 9.69 Å². The normalized spacial score (nSPS) is 24.1. The zero-order valence-electron chi connectivity index (χ0n) is 11.0. The van der Waals surface area contributed by atoms with Crippen molar-refractivity contribution in [3.63, 3.8) is 0 Å². The fourth-order valence-electron chi connectivity index (χ4n) is 3.28. The topological polar surface area (TPSA) is 23.6 Å². The Balaban J connectivity index is 1.82. The van der Waals surface area contributed by atoms with E-state index in [0.29, 0.717) is 6.04 Å². The maximum absolute atomic E-state index is 10.8. The highest BCUT2D eigenvalue weighted by atomic mass is 79.9. The Morgan fingerprint density at radius 3 is 2.84 bits per heavy atom. The van der Waals surface area contributed by atoms with E-state index in [2.05, 4.69) is 31.8 Å². The van der Waals surface area contributed by atoms with Crippen LogP contribution in [0.2, 0.25) is 0 Å². The molecule has 19 heavy (non-hydrogen) atoms. The standard InChI is InChI=1S/C15H19BrN2O/c16-14-9-12(11-19)4-5-15(14)18-8-2-7-17-6-1-3-13(17)10-18/h4-5,9,11,13H,1-3,6-8,10H2. The van der Waals surface area contributed by atoms with Gasteiger partial charge < -0.3 is 4.90 Å². The third-order valence-electron chi connectivity index (χ3n) is 4.25. The fraction of sp³-hybridized carbons (Fsp3) is 0.533. The molecule has 0 aliphatic carbocycles. The van der Waals surface area contributed by atoms with E-state index in [9.17, 15) is 4.79 Å². The van der Waals surface area contributed by atoms with Gasteiger partial charge in [-0.1, -0.05) is 0 Å². The summed E-state index contributed by atoms with van der Waals surface area (Å²) in [5, 5.41) is 0. The number of rotatable bonds is 2. The molecule has 1 unspecified atom stereocenters. The first-order valence-corrected chi connectivity index (χ1v) is 7.81. The molecule has 102 valence electrons. The highest BCUT2D eigenvalue weighted by molar-refractivity contribution is 9.10. The summed E-state index contributed by atoms with van der Waals surface area (Å²) in [4.78, 5) is 15.9. The Hall–Kier alpha value is -0.870. The molecule has 0 bridgehead atoms. The second-order valence-corrected chi connectivity index (χ2v) is 6.31. The molecule has 2 fully saturated rings. The van der Waals surface area contributed by atoms with Crippen LogP contribution in [0.15, 0.2) is 22.7 Å². The molecule has 4 heteroatoms. The van der Waals surface area contributed by atoms with Crippen LogP contribution in [-0.2, 0) is 0 Å². The molecule has 3 rings (SSSR count). The van der Waals surface area contributed by atoms with E-state index in [1.54, 1.807) is 0 Å². The third-order valence-corrected chi connectivity index (χ3v) is 4.89. The number of carbonyl (C=O) groups excluding carboxylic acids is 1. The number of aldehydes is 1. The molecule has 1 aromatic rings. The number of anilines is 1. The van der Waals surface area contributed by atoms with E-state index in [4.69, 9.17) is 0 Å². The Bertz CT molecular complexity index is 477. The van der Waals surface area contributed by atoms with Crippen LogP contribution in [-0.4, -0.2) is 43.4 Å². The third kappa shape index (κ3) is 2.70. The maximum atomic E-state index is 10.8. The van der Waals surface area contributed by atoms with Crippen LogP contribution in [0.4, 0.5) is 5.69 Å². The number of fused-ring (bicyclic) bond motifs is 1. The Labute approximate surface area is 122 Å². The second kappa shape index (κ2) is 5.63. The van der Waals surface area contributed by atoms with Gasteiger partial charge in [0, 0.05) is 35.7 Å². The molecule has 2 aliphatic rings. The van der Waals surface area contributed by atoms with Crippen LogP contribution in [0.25, 0.3) is 0 Å². The van der Waals surface area contributed by atoms with Crippen molar-refractivity contribution in [3.05, 3.63) is 28.2 Å². The largest absolute Gasteiger partial charge is 0.369 e. The molecule has 0 N–H and O–H groups in total. The predicted molar refractivity (Wildman–Crippen MR) is 81.0 cm³/mol. The van der Waals surface area contributed by atoms with Crippen molar-refractivity contribution >= 4 is 27.9 Å². The highest BCUT2D eigenvalue weighted by Gasteiger charge is 2.29. The van der Waals surface area contributed by atoms with E-state index < -0.39 is 0 Å². The minimum atomic E-state index is 0.708. The molecule has 1 aromatic carbocycles. The molecule has 0 aromatic heterocycles. The zero-order chi connectivity index (χ0) is 13.2. The van der Waals surface area contributed by atoms with Gasteiger partial charge in [-0.05, 0) is 59.9 Å². The maximum Gasteiger partial charge on any atom is 0.150 e. The minimum Gasteiger partial charge on any atom is -0.369 e. The van der Waals surface area contributed by atoms with Crippen molar-refractivity contribution in [1.82, 2.24) is 4.90 Å². The van der Waals surface area contributed by atoms with Crippen molar-refractivity contribution in [3.8, 4) is 0 Å². The molecule has 2 heterocycles. The van der Waals surface area contributed by atoms with Crippen molar-refractivity contribution < 1.29 is 4.79 Å². The number of halogens is 1. The first-order valence-electron chi connectivity index (χ1n) is 7.01. The van der Waals surface area contributed by atoms with Crippen molar-refractivity contribution in [2.24, 2.45) is 0 Å². The number of hydrogen-bond acceptors (Lipinski definition) is 3. The molecule has 0 saturated carbocycles. The molecular weight excluding hydrogens is 304 g/mol. The van der Waals surface area contributed by atoms with E-state index >= 15 is 0 Å². The van der Waals surface area contributed by atoms with Crippen molar-refractivity contribution in [1.29, 1.82) is 0 Å². The van der Waals surface area contributed by atoms with Crippen LogP contribution >= 0.6 is 15.9 Å². The van der Waals surface area contributed by atoms with E-state index in [0.717, 1.165) is 29.4 Å². The Kier molecular flexibility index (Phi) is 3.89. The van der Waals surface area contributed by atoms with Crippen molar-refractivity contribution in [2.45, 2.75) is 25.3 Å². The first-order chi connectivity index (χ1) is 9.28. The van der Waals surface area contributed by atoms with Gasteiger partial charge in [-0.15, -0.1) is 0 Å². The van der Waals surface area contributed by atoms with Gasteiger partial charge in [0.1, 0.15) is 6.29 Å². The molecule has 0 radical (unpaired) electrons. The van der Waals surface area contributed by atoms with Crippen LogP contribution in [0.5, 0.6) is 0 Å². The van der Waals surface area contributed by atoms with E-state index in [-0.39, 0.29) is 0 Å². The Morgan fingerprint density at radius 2 is 2.05 bits per heavy atom. The molecule has 0 spiro atoms. The molecule has 2 aliphatic heterocycles. The van der Waals surface area contributed by atoms with E-state index in [1.807, 2.05) is 12.1 Å². The summed E-state index contributed by atoms with van der Waals surface area (Å²) in [7, 11) is 0. The lowest BCUT2D eigenvalue weighted by Gasteiger charge is -2.28. The number of nitrogens with zero attached hydrogens (tertiary/aromatic N) is 2. The number of hydrogen-bond donors (Lipinski definition) is 0. The first kappa shape index (κ1) is 13.1. The van der Waals surface area contributed by atoms with Gasteiger partial charge in [-0.25, -0.2) is 0 Å². The smallest absolute Gasteiger partial charge is 0.150 e. The lowest BCUT2D eigenvalue weighted by Crippen LogP contribution is -2.36. The van der Waals surface area contributed by atoms with Crippen LogP contribution in [0, 0.1) is 0 Å². The average molecular weight is 323 g/mol. The highest BCUT2D eigenvalue weighted by Crippen LogP contribution is 2.30. The van der Waals surface area contributed by atoms with Crippen LogP contribution in [0.3, 0.4) is 0 Å². The molecule has 0 amide bonds. The lowest BCUT2D eigenvalue weighted by molar-refractivity contribution is 0.112. The summed E-state index contributed by atoms with van der Waals surface area (Å²) in [5.41, 5.74) is 1.95. The quantitative estimate of drug-likeness (QED) is 0.782. The molecule has 2 saturated heterocycles. The van der Waals surface area contributed by atoms with Gasteiger partial charge in [0.2, 0.25) is 0 Å². The summed E-state index contributed by atoms with van der Waals surface area (Å²) >= 11 is 3.61. The molecular formula is C15H19BrN2O. The summed E-state index contributed by atoms with van der Waals surface area (Å²) in [6.45, 7) is 4.71. The summed E-state index contributed by atoms with van der Waals surface area (Å²) in [6.07, 6.45) is 4.78. The van der Waals surface area contributed by atoms with Gasteiger partial charge in [0.05, 0.1) is 5.69 Å². The number of benzene rings is 1. The summed E-state index contributed by atoms with van der Waals surface area (Å²) in [5.74, 6) is 0.